The highest BCUT2D eigenvalue weighted by molar-refractivity contribution is 7.89. The maximum atomic E-state index is 12.3. The first-order valence-corrected chi connectivity index (χ1v) is 7.20. The first-order chi connectivity index (χ1) is 8.05. The van der Waals surface area contributed by atoms with Gasteiger partial charge in [-0.25, -0.2) is 8.42 Å². The summed E-state index contributed by atoms with van der Waals surface area (Å²) in [5.74, 6) is 0. The number of pyridine rings is 1. The molecule has 1 heterocycles. The maximum Gasteiger partial charge on any atom is 0.247 e. The van der Waals surface area contributed by atoms with E-state index in [-0.39, 0.29) is 16.5 Å². The lowest BCUT2D eigenvalue weighted by atomic mass is 10.5. The van der Waals surface area contributed by atoms with Crippen molar-refractivity contribution >= 4 is 10.0 Å². The molecule has 0 saturated heterocycles. The van der Waals surface area contributed by atoms with Gasteiger partial charge < -0.3 is 4.98 Å². The molecule has 17 heavy (non-hydrogen) atoms. The van der Waals surface area contributed by atoms with Gasteiger partial charge in [0.25, 0.3) is 0 Å². The number of rotatable bonds is 5. The van der Waals surface area contributed by atoms with Crippen LogP contribution >= 0.6 is 0 Å². The topological polar surface area (TPSA) is 70.2 Å². The van der Waals surface area contributed by atoms with Crippen LogP contribution in [0.4, 0.5) is 0 Å². The van der Waals surface area contributed by atoms with E-state index in [1.807, 2.05) is 6.92 Å². The van der Waals surface area contributed by atoms with Crippen molar-refractivity contribution in [3.63, 3.8) is 0 Å². The Morgan fingerprint density at radius 1 is 1.41 bits per heavy atom. The Morgan fingerprint density at radius 3 is 2.59 bits per heavy atom. The summed E-state index contributed by atoms with van der Waals surface area (Å²) in [4.78, 5) is 13.5. The monoisotopic (exact) mass is 256 g/mol. The van der Waals surface area contributed by atoms with E-state index in [9.17, 15) is 13.2 Å². The second-order valence-corrected chi connectivity index (χ2v) is 6.13. The van der Waals surface area contributed by atoms with Crippen LogP contribution in [0.1, 0.15) is 26.2 Å². The van der Waals surface area contributed by atoms with Crippen molar-refractivity contribution < 1.29 is 8.42 Å². The average Bonchev–Trinajstić information content (AvgIpc) is 3.10. The Morgan fingerprint density at radius 2 is 2.12 bits per heavy atom. The molecule has 6 heteroatoms. The molecule has 0 atom stereocenters. The van der Waals surface area contributed by atoms with Gasteiger partial charge in [0.2, 0.25) is 15.6 Å². The summed E-state index contributed by atoms with van der Waals surface area (Å²) >= 11 is 0. The quantitative estimate of drug-likeness (QED) is 0.852. The summed E-state index contributed by atoms with van der Waals surface area (Å²) in [6, 6.07) is 2.75. The Labute approximate surface area is 101 Å². The molecule has 1 aromatic rings. The van der Waals surface area contributed by atoms with Gasteiger partial charge in [-0.15, -0.1) is 0 Å². The molecule has 1 aromatic heterocycles. The van der Waals surface area contributed by atoms with Crippen molar-refractivity contribution in [3.05, 3.63) is 28.7 Å². The fourth-order valence-electron chi connectivity index (χ4n) is 1.77. The lowest BCUT2D eigenvalue weighted by molar-refractivity contribution is 0.403. The van der Waals surface area contributed by atoms with Crippen molar-refractivity contribution in [3.8, 4) is 0 Å². The molecule has 0 radical (unpaired) electrons. The summed E-state index contributed by atoms with van der Waals surface area (Å²) in [6.45, 7) is 2.49. The normalized spacial score (nSPS) is 16.4. The van der Waals surface area contributed by atoms with Gasteiger partial charge in [0.15, 0.2) is 0 Å². The van der Waals surface area contributed by atoms with E-state index in [1.165, 1.54) is 18.3 Å². The highest BCUT2D eigenvalue weighted by Crippen LogP contribution is 2.31. The molecule has 1 fully saturated rings. The summed E-state index contributed by atoms with van der Waals surface area (Å²) < 4.78 is 26.2. The van der Waals surface area contributed by atoms with Gasteiger partial charge in [0.05, 0.1) is 4.90 Å². The number of H-pyrrole nitrogens is 1. The zero-order valence-corrected chi connectivity index (χ0v) is 10.5. The minimum atomic E-state index is -3.45. The predicted octanol–water partition coefficient (Wildman–Crippen LogP) is 0.938. The smallest absolute Gasteiger partial charge is 0.247 e. The van der Waals surface area contributed by atoms with Gasteiger partial charge in [-0.2, -0.15) is 4.31 Å². The number of aromatic nitrogens is 1. The fraction of sp³-hybridized carbons (Fsp3) is 0.545. The minimum Gasteiger partial charge on any atom is -0.328 e. The molecule has 0 unspecified atom stereocenters. The number of hydrogen-bond donors (Lipinski definition) is 1. The number of nitrogens with zero attached hydrogens (tertiary/aromatic N) is 1. The molecule has 0 amide bonds. The molecule has 5 nitrogen and oxygen atoms in total. The molecule has 1 saturated carbocycles. The van der Waals surface area contributed by atoms with Crippen molar-refractivity contribution in [1.82, 2.24) is 9.29 Å². The SMILES string of the molecule is CCCN(C1CC1)S(=O)(=O)c1ccc(=O)[nH]c1. The van der Waals surface area contributed by atoms with Crippen molar-refractivity contribution in [1.29, 1.82) is 0 Å². The molecule has 1 aliphatic rings. The van der Waals surface area contributed by atoms with Crippen LogP contribution in [0.5, 0.6) is 0 Å². The first kappa shape index (κ1) is 12.3. The molecule has 0 aromatic carbocycles. The van der Waals surface area contributed by atoms with Crippen molar-refractivity contribution in [2.24, 2.45) is 0 Å². The van der Waals surface area contributed by atoms with E-state index in [0.29, 0.717) is 6.54 Å². The second-order valence-electron chi connectivity index (χ2n) is 4.24. The van der Waals surface area contributed by atoms with Crippen LogP contribution in [0.3, 0.4) is 0 Å². The van der Waals surface area contributed by atoms with Gasteiger partial charge >= 0.3 is 0 Å². The van der Waals surface area contributed by atoms with Crippen LogP contribution in [-0.2, 0) is 10.0 Å². The van der Waals surface area contributed by atoms with Crippen LogP contribution in [-0.4, -0.2) is 30.3 Å². The van der Waals surface area contributed by atoms with Crippen molar-refractivity contribution in [2.45, 2.75) is 37.1 Å². The lowest BCUT2D eigenvalue weighted by Crippen LogP contribution is -2.34. The predicted molar refractivity (Wildman–Crippen MR) is 64.3 cm³/mol. The van der Waals surface area contributed by atoms with Gasteiger partial charge in [-0.05, 0) is 25.3 Å². The van der Waals surface area contributed by atoms with E-state index in [4.69, 9.17) is 0 Å². The molecule has 0 spiro atoms. The van der Waals surface area contributed by atoms with E-state index in [1.54, 1.807) is 4.31 Å². The second kappa shape index (κ2) is 4.62. The zero-order valence-electron chi connectivity index (χ0n) is 9.72. The van der Waals surface area contributed by atoms with Crippen LogP contribution < -0.4 is 5.56 Å². The van der Waals surface area contributed by atoms with Gasteiger partial charge in [-0.3, -0.25) is 4.79 Å². The number of aromatic amines is 1. The third kappa shape index (κ3) is 2.58. The van der Waals surface area contributed by atoms with E-state index < -0.39 is 10.0 Å². The Balaban J connectivity index is 2.33. The summed E-state index contributed by atoms with van der Waals surface area (Å²) in [6.07, 6.45) is 3.92. The number of sulfonamides is 1. The molecule has 94 valence electrons. The maximum absolute atomic E-state index is 12.3. The highest BCUT2D eigenvalue weighted by Gasteiger charge is 2.37. The first-order valence-electron chi connectivity index (χ1n) is 5.76. The van der Waals surface area contributed by atoms with Crippen LogP contribution in [0, 0.1) is 0 Å². The Hall–Kier alpha value is -1.14. The largest absolute Gasteiger partial charge is 0.328 e. The zero-order chi connectivity index (χ0) is 12.5. The lowest BCUT2D eigenvalue weighted by Gasteiger charge is -2.20. The molecule has 2 rings (SSSR count). The summed E-state index contributed by atoms with van der Waals surface area (Å²) in [5.41, 5.74) is -0.294. The molecular weight excluding hydrogens is 240 g/mol. The molecular formula is C11H16N2O3S. The molecule has 0 bridgehead atoms. The van der Waals surface area contributed by atoms with E-state index in [0.717, 1.165) is 19.3 Å². The van der Waals surface area contributed by atoms with Gasteiger partial charge in [0.1, 0.15) is 0 Å². The Bertz CT molecular complexity index is 526. The number of hydrogen-bond acceptors (Lipinski definition) is 3. The molecule has 0 aliphatic heterocycles. The highest BCUT2D eigenvalue weighted by atomic mass is 32.2. The van der Waals surface area contributed by atoms with E-state index in [2.05, 4.69) is 4.98 Å². The third-order valence-corrected chi connectivity index (χ3v) is 4.71. The third-order valence-electron chi connectivity index (χ3n) is 2.76. The van der Waals surface area contributed by atoms with Crippen LogP contribution in [0.2, 0.25) is 0 Å². The summed E-state index contributed by atoms with van der Waals surface area (Å²) in [7, 11) is -3.45. The minimum absolute atomic E-state index is 0.145. The van der Waals surface area contributed by atoms with Crippen molar-refractivity contribution in [2.75, 3.05) is 6.54 Å². The molecule has 1 N–H and O–H groups in total. The van der Waals surface area contributed by atoms with E-state index >= 15 is 0 Å². The van der Waals surface area contributed by atoms with Gasteiger partial charge in [-0.1, -0.05) is 6.92 Å². The molecule has 1 aliphatic carbocycles. The standard InChI is InChI=1S/C11H16N2O3S/c1-2-7-13(9-3-4-9)17(15,16)10-5-6-11(14)12-8-10/h5-6,8-9H,2-4,7H2,1H3,(H,12,14). The number of nitrogens with one attached hydrogen (secondary N) is 1. The Kier molecular flexibility index (Phi) is 3.35. The van der Waals surface area contributed by atoms with Crippen LogP contribution in [0.25, 0.3) is 0 Å². The van der Waals surface area contributed by atoms with Gasteiger partial charge in [0, 0.05) is 24.8 Å². The fourth-order valence-corrected chi connectivity index (χ4v) is 3.52. The van der Waals surface area contributed by atoms with Crippen LogP contribution in [0.15, 0.2) is 28.0 Å². The summed E-state index contributed by atoms with van der Waals surface area (Å²) in [5, 5.41) is 0. The average molecular weight is 256 g/mol.